The predicted molar refractivity (Wildman–Crippen MR) is 69.0 cm³/mol. The van der Waals surface area contributed by atoms with E-state index in [4.69, 9.17) is 0 Å². The predicted octanol–water partition coefficient (Wildman–Crippen LogP) is 1.13. The third kappa shape index (κ3) is 3.78. The summed E-state index contributed by atoms with van der Waals surface area (Å²) in [6, 6.07) is 0.145. The van der Waals surface area contributed by atoms with Crippen LogP contribution in [0, 0.1) is 5.92 Å². The second-order valence-corrected chi connectivity index (χ2v) is 6.01. The van der Waals surface area contributed by atoms with Gasteiger partial charge in [0, 0.05) is 11.5 Å². The summed E-state index contributed by atoms with van der Waals surface area (Å²) in [6.07, 6.45) is 0. The molecule has 6 nitrogen and oxygen atoms in total. The number of hydrogen-bond acceptors (Lipinski definition) is 4. The SMILES string of the molecule is CC(C)C(C)NC(=O)Cn1nnnc1C(C)(C)C. The first-order chi connectivity index (χ1) is 8.21. The Balaban J connectivity index is 2.69. The van der Waals surface area contributed by atoms with Crippen molar-refractivity contribution in [2.45, 2.75) is 59.5 Å². The highest BCUT2D eigenvalue weighted by Crippen LogP contribution is 2.18. The summed E-state index contributed by atoms with van der Waals surface area (Å²) in [6.45, 7) is 12.4. The number of carbonyl (C=O) groups is 1. The minimum absolute atomic E-state index is 0.0611. The molecule has 18 heavy (non-hydrogen) atoms. The van der Waals surface area contributed by atoms with Crippen molar-refractivity contribution < 1.29 is 4.79 Å². The van der Waals surface area contributed by atoms with Crippen LogP contribution < -0.4 is 5.32 Å². The number of amides is 1. The van der Waals surface area contributed by atoms with Crippen molar-refractivity contribution in [3.63, 3.8) is 0 Å². The van der Waals surface area contributed by atoms with Crippen molar-refractivity contribution in [2.75, 3.05) is 0 Å². The summed E-state index contributed by atoms with van der Waals surface area (Å²) < 4.78 is 1.56. The summed E-state index contributed by atoms with van der Waals surface area (Å²) >= 11 is 0. The van der Waals surface area contributed by atoms with Crippen molar-refractivity contribution in [3.05, 3.63) is 5.82 Å². The van der Waals surface area contributed by atoms with E-state index in [0.717, 1.165) is 5.82 Å². The van der Waals surface area contributed by atoms with E-state index < -0.39 is 0 Å². The summed E-state index contributed by atoms with van der Waals surface area (Å²) in [7, 11) is 0. The van der Waals surface area contributed by atoms with Crippen LogP contribution in [-0.4, -0.2) is 32.2 Å². The van der Waals surface area contributed by atoms with Crippen LogP contribution in [0.3, 0.4) is 0 Å². The summed E-state index contributed by atoms with van der Waals surface area (Å²) in [5, 5.41) is 14.4. The molecule has 0 saturated carbocycles. The molecule has 0 aliphatic rings. The fraction of sp³-hybridized carbons (Fsp3) is 0.833. The standard InChI is InChI=1S/C12H23N5O/c1-8(2)9(3)13-10(18)7-17-11(12(4,5)6)14-15-16-17/h8-9H,7H2,1-6H3,(H,13,18). The molecule has 6 heteroatoms. The highest BCUT2D eigenvalue weighted by atomic mass is 16.2. The maximum absolute atomic E-state index is 11.9. The lowest BCUT2D eigenvalue weighted by molar-refractivity contribution is -0.122. The number of tetrazole rings is 1. The number of carbonyl (C=O) groups excluding carboxylic acids is 1. The first-order valence-electron chi connectivity index (χ1n) is 6.28. The molecule has 1 atom stereocenters. The van der Waals surface area contributed by atoms with Gasteiger partial charge >= 0.3 is 0 Å². The molecule has 102 valence electrons. The van der Waals surface area contributed by atoms with Gasteiger partial charge in [0.25, 0.3) is 0 Å². The van der Waals surface area contributed by atoms with Crippen LogP contribution in [-0.2, 0) is 16.8 Å². The van der Waals surface area contributed by atoms with Crippen LogP contribution in [0.2, 0.25) is 0 Å². The van der Waals surface area contributed by atoms with Gasteiger partial charge in [-0.3, -0.25) is 4.79 Å². The van der Waals surface area contributed by atoms with E-state index in [1.165, 1.54) is 0 Å². The van der Waals surface area contributed by atoms with E-state index in [9.17, 15) is 4.79 Å². The highest BCUT2D eigenvalue weighted by molar-refractivity contribution is 5.75. The lowest BCUT2D eigenvalue weighted by atomic mass is 9.96. The van der Waals surface area contributed by atoms with Crippen LogP contribution in [0.1, 0.15) is 47.4 Å². The Kier molecular flexibility index (Phi) is 4.43. The molecule has 0 saturated heterocycles. The van der Waals surface area contributed by atoms with Crippen LogP contribution >= 0.6 is 0 Å². The second-order valence-electron chi connectivity index (χ2n) is 6.01. The van der Waals surface area contributed by atoms with E-state index in [1.807, 2.05) is 27.7 Å². The van der Waals surface area contributed by atoms with E-state index in [1.54, 1.807) is 4.68 Å². The molecule has 1 aromatic heterocycles. The van der Waals surface area contributed by atoms with Gasteiger partial charge in [-0.05, 0) is 23.3 Å². The molecule has 0 aromatic carbocycles. The molecule has 0 spiro atoms. The molecule has 1 amide bonds. The third-order valence-electron chi connectivity index (χ3n) is 2.88. The minimum atomic E-state index is -0.173. The normalized spacial score (nSPS) is 13.7. The summed E-state index contributed by atoms with van der Waals surface area (Å²) in [5.74, 6) is 1.06. The summed E-state index contributed by atoms with van der Waals surface area (Å²) in [4.78, 5) is 11.9. The van der Waals surface area contributed by atoms with Crippen molar-refractivity contribution >= 4 is 5.91 Å². The Bertz CT molecular complexity index is 405. The third-order valence-corrected chi connectivity index (χ3v) is 2.88. The maximum atomic E-state index is 11.9. The molecule has 0 radical (unpaired) electrons. The number of aromatic nitrogens is 4. The zero-order chi connectivity index (χ0) is 13.9. The molecule has 1 N–H and O–H groups in total. The number of hydrogen-bond donors (Lipinski definition) is 1. The van der Waals surface area contributed by atoms with Gasteiger partial charge in [-0.25, -0.2) is 4.68 Å². The lowest BCUT2D eigenvalue weighted by Gasteiger charge is -2.19. The Labute approximate surface area is 108 Å². The first-order valence-corrected chi connectivity index (χ1v) is 6.28. The van der Waals surface area contributed by atoms with E-state index in [0.29, 0.717) is 5.92 Å². The molecule has 0 fully saturated rings. The Hall–Kier alpha value is -1.46. The molecule has 1 rings (SSSR count). The van der Waals surface area contributed by atoms with Crippen molar-refractivity contribution in [3.8, 4) is 0 Å². The minimum Gasteiger partial charge on any atom is -0.352 e. The van der Waals surface area contributed by atoms with E-state index >= 15 is 0 Å². The smallest absolute Gasteiger partial charge is 0.242 e. The molecule has 0 aliphatic carbocycles. The van der Waals surface area contributed by atoms with Crippen LogP contribution in [0.25, 0.3) is 0 Å². The largest absolute Gasteiger partial charge is 0.352 e. The first kappa shape index (κ1) is 14.6. The van der Waals surface area contributed by atoms with E-state index in [2.05, 4.69) is 34.7 Å². The Morgan fingerprint density at radius 2 is 1.94 bits per heavy atom. The Morgan fingerprint density at radius 3 is 2.44 bits per heavy atom. The monoisotopic (exact) mass is 253 g/mol. The topological polar surface area (TPSA) is 72.7 Å². The Morgan fingerprint density at radius 1 is 1.33 bits per heavy atom. The van der Waals surface area contributed by atoms with Crippen LogP contribution in [0.4, 0.5) is 0 Å². The van der Waals surface area contributed by atoms with Crippen molar-refractivity contribution in [1.29, 1.82) is 0 Å². The van der Waals surface area contributed by atoms with Crippen LogP contribution in [0.15, 0.2) is 0 Å². The molecular weight excluding hydrogens is 230 g/mol. The fourth-order valence-corrected chi connectivity index (χ4v) is 1.45. The molecule has 1 aromatic rings. The number of nitrogens with one attached hydrogen (secondary N) is 1. The fourth-order valence-electron chi connectivity index (χ4n) is 1.45. The maximum Gasteiger partial charge on any atom is 0.242 e. The van der Waals surface area contributed by atoms with Gasteiger partial charge in [0.15, 0.2) is 5.82 Å². The van der Waals surface area contributed by atoms with Gasteiger partial charge in [-0.2, -0.15) is 0 Å². The van der Waals surface area contributed by atoms with Gasteiger partial charge in [0.2, 0.25) is 5.91 Å². The second kappa shape index (κ2) is 5.46. The van der Waals surface area contributed by atoms with Gasteiger partial charge in [0.1, 0.15) is 6.54 Å². The molecule has 0 bridgehead atoms. The van der Waals surface area contributed by atoms with Gasteiger partial charge < -0.3 is 5.32 Å². The van der Waals surface area contributed by atoms with Gasteiger partial charge in [0.05, 0.1) is 0 Å². The van der Waals surface area contributed by atoms with Gasteiger partial charge in [-0.15, -0.1) is 5.10 Å². The average Bonchev–Trinajstić information content (AvgIpc) is 2.64. The zero-order valence-electron chi connectivity index (χ0n) is 12.1. The quantitative estimate of drug-likeness (QED) is 0.873. The van der Waals surface area contributed by atoms with Crippen molar-refractivity contribution in [1.82, 2.24) is 25.5 Å². The van der Waals surface area contributed by atoms with Crippen molar-refractivity contribution in [2.24, 2.45) is 5.92 Å². The zero-order valence-corrected chi connectivity index (χ0v) is 12.1. The molecule has 1 heterocycles. The summed E-state index contributed by atoms with van der Waals surface area (Å²) in [5.41, 5.74) is -0.173. The molecule has 0 aliphatic heterocycles. The molecule has 1 unspecified atom stereocenters. The average molecular weight is 253 g/mol. The van der Waals surface area contributed by atoms with Crippen LogP contribution in [0.5, 0.6) is 0 Å². The number of nitrogens with zero attached hydrogens (tertiary/aromatic N) is 4. The number of rotatable bonds is 4. The highest BCUT2D eigenvalue weighted by Gasteiger charge is 2.23. The lowest BCUT2D eigenvalue weighted by Crippen LogP contribution is -2.39. The van der Waals surface area contributed by atoms with Gasteiger partial charge in [-0.1, -0.05) is 34.6 Å². The molecular formula is C12H23N5O. The van der Waals surface area contributed by atoms with E-state index in [-0.39, 0.29) is 23.9 Å².